The zero-order chi connectivity index (χ0) is 14.7. The first-order valence-electron chi connectivity index (χ1n) is 5.96. The molecule has 0 spiro atoms. The Morgan fingerprint density at radius 3 is 2.65 bits per heavy atom. The summed E-state index contributed by atoms with van der Waals surface area (Å²) in [5.74, 6) is 0.694. The van der Waals surface area contributed by atoms with Gasteiger partial charge in [-0.1, -0.05) is 39.1 Å². The minimum Gasteiger partial charge on any atom is -0.496 e. The Morgan fingerprint density at radius 1 is 1.20 bits per heavy atom. The highest BCUT2D eigenvalue weighted by Crippen LogP contribution is 2.32. The number of rotatable bonds is 4. The van der Waals surface area contributed by atoms with Gasteiger partial charge in [-0.25, -0.2) is 0 Å². The third-order valence-corrected chi connectivity index (χ3v) is 4.05. The smallest absolute Gasteiger partial charge is 0.122 e. The fourth-order valence-electron chi connectivity index (χ4n) is 1.99. The highest BCUT2D eigenvalue weighted by molar-refractivity contribution is 9.10. The van der Waals surface area contributed by atoms with Crippen LogP contribution in [0.3, 0.4) is 0 Å². The van der Waals surface area contributed by atoms with E-state index >= 15 is 0 Å². The lowest BCUT2D eigenvalue weighted by Gasteiger charge is -2.15. The van der Waals surface area contributed by atoms with Gasteiger partial charge in [-0.3, -0.25) is 0 Å². The molecule has 0 aromatic heterocycles. The molecule has 20 heavy (non-hydrogen) atoms. The minimum absolute atomic E-state index is 0.375. The lowest BCUT2D eigenvalue weighted by atomic mass is 10.0. The zero-order valence-corrected chi connectivity index (χ0v) is 13.8. The lowest BCUT2D eigenvalue weighted by Crippen LogP contribution is -2.04. The van der Waals surface area contributed by atoms with Gasteiger partial charge in [-0.05, 0) is 42.0 Å². The second-order valence-corrected chi connectivity index (χ2v) is 6.10. The Hall–Kier alpha value is -0.740. The molecular weight excluding hydrogens is 363 g/mol. The maximum Gasteiger partial charge on any atom is 0.122 e. The van der Waals surface area contributed by atoms with E-state index in [4.69, 9.17) is 27.9 Å². The van der Waals surface area contributed by atoms with Gasteiger partial charge in [0.15, 0.2) is 0 Å². The summed E-state index contributed by atoms with van der Waals surface area (Å²) in [5, 5.41) is 11.5. The van der Waals surface area contributed by atoms with Crippen molar-refractivity contribution < 1.29 is 9.84 Å². The molecule has 2 aromatic rings. The SMILES string of the molecule is COc1ccc(Cl)cc1CC(O)c1cc(Br)ccc1Cl. The predicted octanol–water partition coefficient (Wildman–Crippen LogP) is 5.04. The molecule has 2 rings (SSSR count). The molecule has 0 aliphatic rings. The van der Waals surface area contributed by atoms with Crippen molar-refractivity contribution in [2.45, 2.75) is 12.5 Å². The highest BCUT2D eigenvalue weighted by Gasteiger charge is 2.15. The van der Waals surface area contributed by atoms with Crippen molar-refractivity contribution in [2.24, 2.45) is 0 Å². The lowest BCUT2D eigenvalue weighted by molar-refractivity contribution is 0.177. The van der Waals surface area contributed by atoms with Crippen LogP contribution in [-0.4, -0.2) is 12.2 Å². The molecule has 1 unspecified atom stereocenters. The first-order chi connectivity index (χ1) is 9.51. The van der Waals surface area contributed by atoms with E-state index in [0.717, 1.165) is 10.0 Å². The fraction of sp³-hybridized carbons (Fsp3) is 0.200. The molecule has 0 aliphatic carbocycles. The van der Waals surface area contributed by atoms with Crippen molar-refractivity contribution in [3.05, 3.63) is 62.0 Å². The van der Waals surface area contributed by atoms with Crippen LogP contribution >= 0.6 is 39.1 Å². The maximum atomic E-state index is 10.4. The monoisotopic (exact) mass is 374 g/mol. The molecule has 0 aliphatic heterocycles. The topological polar surface area (TPSA) is 29.5 Å². The quantitative estimate of drug-likeness (QED) is 0.810. The molecule has 1 N–H and O–H groups in total. The zero-order valence-electron chi connectivity index (χ0n) is 10.7. The van der Waals surface area contributed by atoms with E-state index in [-0.39, 0.29) is 0 Å². The van der Waals surface area contributed by atoms with Crippen molar-refractivity contribution in [3.8, 4) is 5.75 Å². The molecule has 0 amide bonds. The van der Waals surface area contributed by atoms with Crippen LogP contribution in [0.4, 0.5) is 0 Å². The van der Waals surface area contributed by atoms with Gasteiger partial charge in [0.25, 0.3) is 0 Å². The van der Waals surface area contributed by atoms with Crippen LogP contribution in [0.1, 0.15) is 17.2 Å². The van der Waals surface area contributed by atoms with Crippen LogP contribution < -0.4 is 4.74 Å². The van der Waals surface area contributed by atoms with Gasteiger partial charge < -0.3 is 9.84 Å². The number of benzene rings is 2. The Balaban J connectivity index is 2.29. The maximum absolute atomic E-state index is 10.4. The summed E-state index contributed by atoms with van der Waals surface area (Å²) < 4.78 is 6.15. The molecule has 0 saturated carbocycles. The largest absolute Gasteiger partial charge is 0.496 e. The third-order valence-electron chi connectivity index (χ3n) is 2.97. The number of ether oxygens (including phenoxy) is 1. The van der Waals surface area contributed by atoms with Gasteiger partial charge in [0.2, 0.25) is 0 Å². The first kappa shape index (κ1) is 15.6. The number of aliphatic hydroxyl groups excluding tert-OH is 1. The van der Waals surface area contributed by atoms with Crippen LogP contribution in [0.2, 0.25) is 10.0 Å². The number of halogens is 3. The van der Waals surface area contributed by atoms with E-state index in [2.05, 4.69) is 15.9 Å². The van der Waals surface area contributed by atoms with Crippen LogP contribution in [0.15, 0.2) is 40.9 Å². The molecule has 0 heterocycles. The first-order valence-corrected chi connectivity index (χ1v) is 7.51. The second-order valence-electron chi connectivity index (χ2n) is 4.34. The summed E-state index contributed by atoms with van der Waals surface area (Å²) in [6.45, 7) is 0. The Morgan fingerprint density at radius 2 is 1.95 bits per heavy atom. The molecule has 0 radical (unpaired) electrons. The standard InChI is InChI=1S/C15H13BrCl2O2/c1-20-15-5-3-11(17)6-9(15)7-14(19)12-8-10(16)2-4-13(12)18/h2-6,8,14,19H,7H2,1H3. The van der Waals surface area contributed by atoms with E-state index in [1.54, 1.807) is 31.4 Å². The van der Waals surface area contributed by atoms with Gasteiger partial charge >= 0.3 is 0 Å². The van der Waals surface area contributed by atoms with Crippen LogP contribution in [0, 0.1) is 0 Å². The fourth-order valence-corrected chi connectivity index (χ4v) is 2.81. The minimum atomic E-state index is -0.729. The van der Waals surface area contributed by atoms with Gasteiger partial charge in [-0.15, -0.1) is 0 Å². The molecule has 5 heteroatoms. The summed E-state index contributed by atoms with van der Waals surface area (Å²) in [6.07, 6.45) is -0.354. The van der Waals surface area contributed by atoms with Crippen molar-refractivity contribution >= 4 is 39.1 Å². The van der Waals surface area contributed by atoms with E-state index in [0.29, 0.717) is 27.8 Å². The van der Waals surface area contributed by atoms with Crippen LogP contribution in [-0.2, 0) is 6.42 Å². The van der Waals surface area contributed by atoms with Crippen molar-refractivity contribution in [2.75, 3.05) is 7.11 Å². The summed E-state index contributed by atoms with van der Waals surface area (Å²) in [7, 11) is 1.59. The van der Waals surface area contributed by atoms with Gasteiger partial charge in [0.05, 0.1) is 13.2 Å². The van der Waals surface area contributed by atoms with E-state index in [1.807, 2.05) is 12.1 Å². The Labute approximate surface area is 136 Å². The molecule has 2 aromatic carbocycles. The molecule has 0 fully saturated rings. The summed E-state index contributed by atoms with van der Waals surface area (Å²) in [5.41, 5.74) is 1.51. The number of methoxy groups -OCH3 is 1. The van der Waals surface area contributed by atoms with Crippen molar-refractivity contribution in [1.29, 1.82) is 0 Å². The van der Waals surface area contributed by atoms with Crippen LogP contribution in [0.5, 0.6) is 5.75 Å². The highest BCUT2D eigenvalue weighted by atomic mass is 79.9. The van der Waals surface area contributed by atoms with E-state index in [1.165, 1.54) is 0 Å². The third kappa shape index (κ3) is 3.67. The molecule has 106 valence electrons. The van der Waals surface area contributed by atoms with Gasteiger partial charge in [0, 0.05) is 26.5 Å². The van der Waals surface area contributed by atoms with Gasteiger partial charge in [0.1, 0.15) is 5.75 Å². The molecule has 2 nitrogen and oxygen atoms in total. The van der Waals surface area contributed by atoms with Crippen molar-refractivity contribution in [3.63, 3.8) is 0 Å². The van der Waals surface area contributed by atoms with Crippen molar-refractivity contribution in [1.82, 2.24) is 0 Å². The van der Waals surface area contributed by atoms with Crippen LogP contribution in [0.25, 0.3) is 0 Å². The Bertz CT molecular complexity index is 617. The average Bonchev–Trinajstić information content (AvgIpc) is 2.41. The number of hydrogen-bond acceptors (Lipinski definition) is 2. The second kappa shape index (κ2) is 6.81. The number of aliphatic hydroxyl groups is 1. The van der Waals surface area contributed by atoms with E-state index in [9.17, 15) is 5.11 Å². The molecule has 0 bridgehead atoms. The Kier molecular flexibility index (Phi) is 5.33. The summed E-state index contributed by atoms with van der Waals surface area (Å²) >= 11 is 15.5. The molecule has 0 saturated heterocycles. The molecular formula is C15H13BrCl2O2. The normalized spacial score (nSPS) is 12.2. The van der Waals surface area contributed by atoms with Gasteiger partial charge in [-0.2, -0.15) is 0 Å². The number of hydrogen-bond donors (Lipinski definition) is 1. The molecule has 1 atom stereocenters. The average molecular weight is 376 g/mol. The predicted molar refractivity (Wildman–Crippen MR) is 85.8 cm³/mol. The van der Waals surface area contributed by atoms with E-state index < -0.39 is 6.10 Å². The summed E-state index contributed by atoms with van der Waals surface area (Å²) in [4.78, 5) is 0. The summed E-state index contributed by atoms with van der Waals surface area (Å²) in [6, 6.07) is 10.7.